The third-order valence-corrected chi connectivity index (χ3v) is 3.66. The van der Waals surface area contributed by atoms with Crippen LogP contribution in [0.15, 0.2) is 46.9 Å². The molecule has 5 heteroatoms. The van der Waals surface area contributed by atoms with Crippen LogP contribution in [0.2, 0.25) is 0 Å². The third-order valence-electron chi connectivity index (χ3n) is 3.66. The van der Waals surface area contributed by atoms with Crippen molar-refractivity contribution in [2.24, 2.45) is 5.92 Å². The Morgan fingerprint density at radius 1 is 1.08 bits per heavy atom. The smallest absolute Gasteiger partial charge is 0.307 e. The van der Waals surface area contributed by atoms with Gasteiger partial charge in [0.1, 0.15) is 11.5 Å². The monoisotopic (exact) mass is 343 g/mol. The van der Waals surface area contributed by atoms with Crippen molar-refractivity contribution in [3.05, 3.63) is 48.2 Å². The van der Waals surface area contributed by atoms with Crippen LogP contribution in [-0.2, 0) is 20.7 Å². The van der Waals surface area contributed by atoms with Crippen molar-refractivity contribution in [1.82, 2.24) is 5.32 Å². The summed E-state index contributed by atoms with van der Waals surface area (Å²) in [5.41, 5.74) is 0.992. The summed E-state index contributed by atoms with van der Waals surface area (Å²) in [5, 5.41) is 2.75. The van der Waals surface area contributed by atoms with Crippen molar-refractivity contribution >= 4 is 11.9 Å². The van der Waals surface area contributed by atoms with Crippen LogP contribution < -0.4 is 5.32 Å². The van der Waals surface area contributed by atoms with Gasteiger partial charge in [-0.3, -0.25) is 9.59 Å². The second kappa shape index (κ2) is 9.06. The van der Waals surface area contributed by atoms with Gasteiger partial charge in [0.15, 0.2) is 6.10 Å². The van der Waals surface area contributed by atoms with Gasteiger partial charge in [0.2, 0.25) is 0 Å². The number of benzene rings is 1. The standard InChI is InChI=1S/C20H25NO4/c1-14(2)13-21-20(23)15(3)24-19(22)12-10-17-9-11-18(25-17)16-7-5-4-6-8-16/h4-9,11,14-15H,10,12-13H2,1-3H3,(H,21,23)/t15-/m1/s1. The number of carbonyl (C=O) groups excluding carboxylic acids is 2. The van der Waals surface area contributed by atoms with Crippen molar-refractivity contribution in [3.8, 4) is 11.3 Å². The second-order valence-corrected chi connectivity index (χ2v) is 6.40. The second-order valence-electron chi connectivity index (χ2n) is 6.40. The molecule has 2 rings (SSSR count). The zero-order valence-corrected chi connectivity index (χ0v) is 15.0. The summed E-state index contributed by atoms with van der Waals surface area (Å²) in [4.78, 5) is 23.7. The Kier molecular flexibility index (Phi) is 6.81. The average Bonchev–Trinajstić information content (AvgIpc) is 3.07. The highest BCUT2D eigenvalue weighted by atomic mass is 16.5. The molecule has 0 aliphatic heterocycles. The van der Waals surface area contributed by atoms with Gasteiger partial charge in [-0.2, -0.15) is 0 Å². The summed E-state index contributed by atoms with van der Waals surface area (Å²) in [5.74, 6) is 1.15. The fourth-order valence-corrected chi connectivity index (χ4v) is 2.25. The average molecular weight is 343 g/mol. The summed E-state index contributed by atoms with van der Waals surface area (Å²) >= 11 is 0. The fourth-order valence-electron chi connectivity index (χ4n) is 2.25. The first-order valence-corrected chi connectivity index (χ1v) is 8.57. The van der Waals surface area contributed by atoms with Crippen molar-refractivity contribution in [3.63, 3.8) is 0 Å². The molecule has 0 spiro atoms. The van der Waals surface area contributed by atoms with Crippen LogP contribution in [0, 0.1) is 5.92 Å². The Balaban J connectivity index is 1.78. The number of furan rings is 1. The molecule has 0 fully saturated rings. The summed E-state index contributed by atoms with van der Waals surface area (Å²) in [6.45, 7) is 6.15. The predicted molar refractivity (Wildman–Crippen MR) is 95.9 cm³/mol. The van der Waals surface area contributed by atoms with Gasteiger partial charge in [0.05, 0.1) is 6.42 Å². The maximum atomic E-state index is 11.9. The molecule has 0 saturated carbocycles. The molecule has 134 valence electrons. The largest absolute Gasteiger partial charge is 0.461 e. The minimum absolute atomic E-state index is 0.170. The van der Waals surface area contributed by atoms with Crippen LogP contribution in [0.3, 0.4) is 0 Å². The van der Waals surface area contributed by atoms with Crippen LogP contribution in [0.1, 0.15) is 33.0 Å². The van der Waals surface area contributed by atoms with Crippen molar-refractivity contribution in [1.29, 1.82) is 0 Å². The van der Waals surface area contributed by atoms with E-state index in [1.165, 1.54) is 0 Å². The highest BCUT2D eigenvalue weighted by Crippen LogP contribution is 2.22. The normalized spacial score (nSPS) is 12.0. The first kappa shape index (κ1) is 18.8. The molecule has 25 heavy (non-hydrogen) atoms. The lowest BCUT2D eigenvalue weighted by Gasteiger charge is -2.14. The lowest BCUT2D eigenvalue weighted by molar-refractivity contribution is -0.154. The van der Waals surface area contributed by atoms with E-state index in [1.54, 1.807) is 6.92 Å². The van der Waals surface area contributed by atoms with E-state index in [1.807, 2.05) is 56.3 Å². The lowest BCUT2D eigenvalue weighted by atomic mass is 10.2. The number of amides is 1. The Morgan fingerprint density at radius 2 is 1.80 bits per heavy atom. The Morgan fingerprint density at radius 3 is 2.48 bits per heavy atom. The molecular formula is C20H25NO4. The predicted octanol–water partition coefficient (Wildman–Crippen LogP) is 3.58. The number of ether oxygens (including phenoxy) is 1. The Labute approximate surface area is 148 Å². The summed E-state index contributed by atoms with van der Waals surface area (Å²) in [6, 6.07) is 13.5. The molecule has 0 bridgehead atoms. The quantitative estimate of drug-likeness (QED) is 0.744. The highest BCUT2D eigenvalue weighted by Gasteiger charge is 2.18. The number of hydrogen-bond donors (Lipinski definition) is 1. The minimum atomic E-state index is -0.789. The molecule has 1 aromatic heterocycles. The fraction of sp³-hybridized carbons (Fsp3) is 0.400. The molecular weight excluding hydrogens is 318 g/mol. The van der Waals surface area contributed by atoms with E-state index in [9.17, 15) is 9.59 Å². The molecule has 0 saturated heterocycles. The van der Waals surface area contributed by atoms with Gasteiger partial charge in [0.25, 0.3) is 5.91 Å². The molecule has 2 aromatic rings. The molecule has 1 aromatic carbocycles. The molecule has 1 amide bonds. The van der Waals surface area contributed by atoms with Crippen LogP contribution in [-0.4, -0.2) is 24.5 Å². The van der Waals surface area contributed by atoms with Gasteiger partial charge in [-0.15, -0.1) is 0 Å². The van der Waals surface area contributed by atoms with Crippen LogP contribution in [0.5, 0.6) is 0 Å². The highest BCUT2D eigenvalue weighted by molar-refractivity contribution is 5.83. The number of nitrogens with one attached hydrogen (secondary N) is 1. The lowest BCUT2D eigenvalue weighted by Crippen LogP contribution is -2.37. The Bertz CT molecular complexity index is 691. The summed E-state index contributed by atoms with van der Waals surface area (Å²) < 4.78 is 10.9. The molecule has 1 atom stereocenters. The van der Waals surface area contributed by atoms with Crippen LogP contribution >= 0.6 is 0 Å². The number of carbonyl (C=O) groups is 2. The molecule has 5 nitrogen and oxygen atoms in total. The third kappa shape index (κ3) is 6.10. The van der Waals surface area contributed by atoms with E-state index >= 15 is 0 Å². The number of esters is 1. The van der Waals surface area contributed by atoms with Crippen molar-refractivity contribution in [2.45, 2.75) is 39.7 Å². The molecule has 0 aliphatic rings. The minimum Gasteiger partial charge on any atom is -0.461 e. The van der Waals surface area contributed by atoms with Gasteiger partial charge >= 0.3 is 5.97 Å². The van der Waals surface area contributed by atoms with Crippen molar-refractivity contribution < 1.29 is 18.7 Å². The van der Waals surface area contributed by atoms with Crippen LogP contribution in [0.4, 0.5) is 0 Å². The molecule has 0 unspecified atom stereocenters. The maximum Gasteiger partial charge on any atom is 0.307 e. The summed E-state index contributed by atoms with van der Waals surface area (Å²) in [7, 11) is 0. The van der Waals surface area contributed by atoms with Crippen molar-refractivity contribution in [2.75, 3.05) is 6.54 Å². The Hall–Kier alpha value is -2.56. The number of hydrogen-bond acceptors (Lipinski definition) is 4. The van der Waals surface area contributed by atoms with Gasteiger partial charge in [-0.1, -0.05) is 44.2 Å². The first-order valence-electron chi connectivity index (χ1n) is 8.57. The van der Waals surface area contributed by atoms with E-state index < -0.39 is 12.1 Å². The molecule has 1 heterocycles. The number of rotatable bonds is 8. The van der Waals surface area contributed by atoms with Gasteiger partial charge in [-0.25, -0.2) is 0 Å². The SMILES string of the molecule is CC(C)CNC(=O)[C@@H](C)OC(=O)CCc1ccc(-c2ccccc2)o1. The van der Waals surface area contributed by atoms with E-state index in [-0.39, 0.29) is 12.3 Å². The van der Waals surface area contributed by atoms with E-state index in [0.717, 1.165) is 11.3 Å². The zero-order chi connectivity index (χ0) is 18.2. The summed E-state index contributed by atoms with van der Waals surface area (Å²) in [6.07, 6.45) is -0.182. The van der Waals surface area contributed by atoms with E-state index in [2.05, 4.69) is 5.32 Å². The molecule has 0 aliphatic carbocycles. The van der Waals surface area contributed by atoms with E-state index in [0.29, 0.717) is 24.6 Å². The van der Waals surface area contributed by atoms with Gasteiger partial charge < -0.3 is 14.5 Å². The molecule has 1 N–H and O–H groups in total. The van der Waals surface area contributed by atoms with Gasteiger partial charge in [0, 0.05) is 18.5 Å². The maximum absolute atomic E-state index is 11.9. The first-order chi connectivity index (χ1) is 12.0. The zero-order valence-electron chi connectivity index (χ0n) is 15.0. The van der Waals surface area contributed by atoms with Gasteiger partial charge in [-0.05, 0) is 25.0 Å². The molecule has 0 radical (unpaired) electrons. The van der Waals surface area contributed by atoms with E-state index in [4.69, 9.17) is 9.15 Å². The van der Waals surface area contributed by atoms with Crippen LogP contribution in [0.25, 0.3) is 11.3 Å². The number of aryl methyl sites for hydroxylation is 1. The topological polar surface area (TPSA) is 68.5 Å².